The van der Waals surface area contributed by atoms with E-state index in [0.29, 0.717) is 43.2 Å². The molecule has 0 unspecified atom stereocenters. The predicted octanol–water partition coefficient (Wildman–Crippen LogP) is 2.91. The van der Waals surface area contributed by atoms with Gasteiger partial charge in [-0.05, 0) is 43.2 Å². The first-order valence-corrected chi connectivity index (χ1v) is 8.60. The van der Waals surface area contributed by atoms with Crippen molar-refractivity contribution in [2.75, 3.05) is 18.5 Å². The van der Waals surface area contributed by atoms with Crippen LogP contribution in [-0.4, -0.2) is 25.0 Å². The Morgan fingerprint density at radius 3 is 2.27 bits per heavy atom. The molecular formula is C20H24N2O4. The van der Waals surface area contributed by atoms with Gasteiger partial charge in [-0.1, -0.05) is 24.3 Å². The lowest BCUT2D eigenvalue weighted by atomic mass is 10.1. The molecule has 2 aromatic carbocycles. The van der Waals surface area contributed by atoms with E-state index in [-0.39, 0.29) is 18.2 Å². The van der Waals surface area contributed by atoms with Crippen LogP contribution in [0, 0.1) is 0 Å². The Balaban J connectivity index is 1.73. The summed E-state index contributed by atoms with van der Waals surface area (Å²) in [4.78, 5) is 22.9. The van der Waals surface area contributed by atoms with Gasteiger partial charge in [-0.25, -0.2) is 0 Å². The van der Waals surface area contributed by atoms with Crippen molar-refractivity contribution in [3.05, 3.63) is 54.1 Å². The number of primary amides is 1. The van der Waals surface area contributed by atoms with Crippen molar-refractivity contribution in [3.8, 4) is 11.5 Å². The van der Waals surface area contributed by atoms with Crippen LogP contribution in [0.2, 0.25) is 0 Å². The zero-order valence-corrected chi connectivity index (χ0v) is 14.9. The summed E-state index contributed by atoms with van der Waals surface area (Å²) >= 11 is 0. The van der Waals surface area contributed by atoms with E-state index in [2.05, 4.69) is 5.32 Å². The molecule has 2 amide bonds. The van der Waals surface area contributed by atoms with Gasteiger partial charge < -0.3 is 20.5 Å². The number of carbonyl (C=O) groups is 2. The molecule has 0 aliphatic heterocycles. The molecule has 0 heterocycles. The lowest BCUT2D eigenvalue weighted by Gasteiger charge is -2.11. The minimum absolute atomic E-state index is 0.0886. The Morgan fingerprint density at radius 1 is 1.00 bits per heavy atom. The summed E-state index contributed by atoms with van der Waals surface area (Å²) in [6.45, 7) is 2.91. The molecule has 26 heavy (non-hydrogen) atoms. The lowest BCUT2D eigenvalue weighted by Crippen LogP contribution is -2.14. The molecule has 0 atom stereocenters. The Hall–Kier alpha value is -3.02. The molecule has 0 fully saturated rings. The fraction of sp³-hybridized carbons (Fsp3) is 0.300. The summed E-state index contributed by atoms with van der Waals surface area (Å²) in [7, 11) is 0. The van der Waals surface area contributed by atoms with Crippen LogP contribution in [0.15, 0.2) is 48.5 Å². The van der Waals surface area contributed by atoms with Crippen molar-refractivity contribution in [1.29, 1.82) is 0 Å². The third-order valence-corrected chi connectivity index (χ3v) is 3.57. The number of carbonyl (C=O) groups excluding carboxylic acids is 2. The number of hydrogen-bond donors (Lipinski definition) is 2. The topological polar surface area (TPSA) is 90.7 Å². The molecule has 0 saturated carbocycles. The molecule has 0 spiro atoms. The van der Waals surface area contributed by atoms with E-state index < -0.39 is 0 Å². The van der Waals surface area contributed by atoms with Gasteiger partial charge in [-0.2, -0.15) is 0 Å². The first-order valence-electron chi connectivity index (χ1n) is 8.60. The van der Waals surface area contributed by atoms with Crippen LogP contribution in [-0.2, 0) is 16.0 Å². The molecular weight excluding hydrogens is 332 g/mol. The van der Waals surface area contributed by atoms with Crippen LogP contribution in [0.5, 0.6) is 11.5 Å². The van der Waals surface area contributed by atoms with Crippen molar-refractivity contribution in [1.82, 2.24) is 0 Å². The second kappa shape index (κ2) is 10.1. The summed E-state index contributed by atoms with van der Waals surface area (Å²) in [5, 5.41) is 2.82. The Kier molecular flexibility index (Phi) is 7.49. The van der Waals surface area contributed by atoms with Gasteiger partial charge in [-0.15, -0.1) is 0 Å². The second-order valence-electron chi connectivity index (χ2n) is 5.72. The highest BCUT2D eigenvalue weighted by Gasteiger charge is 2.06. The van der Waals surface area contributed by atoms with Crippen molar-refractivity contribution < 1.29 is 19.1 Å². The lowest BCUT2D eigenvalue weighted by molar-refractivity contribution is -0.117. The minimum Gasteiger partial charge on any atom is -0.490 e. The minimum atomic E-state index is -0.382. The van der Waals surface area contributed by atoms with Crippen LogP contribution in [0.1, 0.15) is 25.3 Å². The maximum atomic E-state index is 12.0. The standard InChI is InChI=1S/C20H24N2O4/c1-2-25-17-6-3-4-7-18(17)26-13-5-8-20(24)22-16-11-9-15(10-12-16)14-19(21)23/h3-4,6-7,9-12H,2,5,8,13-14H2,1H3,(H2,21,23)(H,22,24). The number of rotatable bonds is 10. The van der Waals surface area contributed by atoms with Gasteiger partial charge in [0.05, 0.1) is 19.6 Å². The van der Waals surface area contributed by atoms with E-state index in [9.17, 15) is 9.59 Å². The number of para-hydroxylation sites is 2. The third kappa shape index (κ3) is 6.47. The fourth-order valence-corrected chi connectivity index (χ4v) is 2.39. The molecule has 0 saturated heterocycles. The quantitative estimate of drug-likeness (QED) is 0.641. The molecule has 3 N–H and O–H groups in total. The molecule has 2 aromatic rings. The Labute approximate surface area is 153 Å². The summed E-state index contributed by atoms with van der Waals surface area (Å²) < 4.78 is 11.2. The molecule has 0 aliphatic rings. The normalized spacial score (nSPS) is 10.2. The first kappa shape index (κ1) is 19.3. The summed E-state index contributed by atoms with van der Waals surface area (Å²) in [6.07, 6.45) is 1.13. The second-order valence-corrected chi connectivity index (χ2v) is 5.72. The van der Waals surface area contributed by atoms with E-state index >= 15 is 0 Å². The molecule has 2 rings (SSSR count). The number of benzene rings is 2. The maximum absolute atomic E-state index is 12.0. The predicted molar refractivity (Wildman–Crippen MR) is 100 cm³/mol. The Morgan fingerprint density at radius 2 is 1.65 bits per heavy atom. The van der Waals surface area contributed by atoms with E-state index in [1.165, 1.54) is 0 Å². The van der Waals surface area contributed by atoms with Crippen LogP contribution in [0.3, 0.4) is 0 Å². The first-order chi connectivity index (χ1) is 12.6. The fourth-order valence-electron chi connectivity index (χ4n) is 2.39. The van der Waals surface area contributed by atoms with E-state index in [4.69, 9.17) is 15.2 Å². The van der Waals surface area contributed by atoms with E-state index in [0.717, 1.165) is 5.56 Å². The van der Waals surface area contributed by atoms with Gasteiger partial charge in [0.2, 0.25) is 11.8 Å². The van der Waals surface area contributed by atoms with E-state index in [1.54, 1.807) is 24.3 Å². The molecule has 0 aliphatic carbocycles. The molecule has 138 valence electrons. The number of anilines is 1. The number of amides is 2. The summed E-state index contributed by atoms with van der Waals surface area (Å²) in [5.41, 5.74) is 6.65. The summed E-state index contributed by atoms with van der Waals surface area (Å²) in [6, 6.07) is 14.5. The third-order valence-electron chi connectivity index (χ3n) is 3.57. The SMILES string of the molecule is CCOc1ccccc1OCCCC(=O)Nc1ccc(CC(N)=O)cc1. The van der Waals surface area contributed by atoms with Crippen LogP contribution in [0.25, 0.3) is 0 Å². The van der Waals surface area contributed by atoms with Gasteiger partial charge in [0.25, 0.3) is 0 Å². The van der Waals surface area contributed by atoms with Crippen LogP contribution in [0.4, 0.5) is 5.69 Å². The summed E-state index contributed by atoms with van der Waals surface area (Å²) in [5.74, 6) is 0.914. The smallest absolute Gasteiger partial charge is 0.224 e. The van der Waals surface area contributed by atoms with E-state index in [1.807, 2.05) is 31.2 Å². The highest BCUT2D eigenvalue weighted by molar-refractivity contribution is 5.90. The van der Waals surface area contributed by atoms with Crippen molar-refractivity contribution in [2.24, 2.45) is 5.73 Å². The van der Waals surface area contributed by atoms with Gasteiger partial charge in [-0.3, -0.25) is 9.59 Å². The Bertz CT molecular complexity index is 729. The zero-order valence-electron chi connectivity index (χ0n) is 14.9. The monoisotopic (exact) mass is 356 g/mol. The average Bonchev–Trinajstić information content (AvgIpc) is 2.61. The van der Waals surface area contributed by atoms with Crippen molar-refractivity contribution >= 4 is 17.5 Å². The number of nitrogens with two attached hydrogens (primary N) is 1. The molecule has 6 nitrogen and oxygen atoms in total. The average molecular weight is 356 g/mol. The largest absolute Gasteiger partial charge is 0.490 e. The number of nitrogens with one attached hydrogen (secondary N) is 1. The highest BCUT2D eigenvalue weighted by atomic mass is 16.5. The van der Waals surface area contributed by atoms with Crippen molar-refractivity contribution in [3.63, 3.8) is 0 Å². The van der Waals surface area contributed by atoms with Gasteiger partial charge in [0.15, 0.2) is 11.5 Å². The van der Waals surface area contributed by atoms with Crippen LogP contribution >= 0.6 is 0 Å². The van der Waals surface area contributed by atoms with Gasteiger partial charge in [0, 0.05) is 12.1 Å². The number of hydrogen-bond acceptors (Lipinski definition) is 4. The van der Waals surface area contributed by atoms with Crippen LogP contribution < -0.4 is 20.5 Å². The zero-order chi connectivity index (χ0) is 18.8. The van der Waals surface area contributed by atoms with Crippen molar-refractivity contribution in [2.45, 2.75) is 26.2 Å². The molecule has 6 heteroatoms. The molecule has 0 aromatic heterocycles. The molecule has 0 radical (unpaired) electrons. The number of ether oxygens (including phenoxy) is 2. The highest BCUT2D eigenvalue weighted by Crippen LogP contribution is 2.26. The van der Waals surface area contributed by atoms with Gasteiger partial charge >= 0.3 is 0 Å². The maximum Gasteiger partial charge on any atom is 0.224 e. The van der Waals surface area contributed by atoms with Gasteiger partial charge in [0.1, 0.15) is 0 Å². The molecule has 0 bridgehead atoms.